The molecule has 0 aromatic carbocycles. The third-order valence-electron chi connectivity index (χ3n) is 2.46. The van der Waals surface area contributed by atoms with Gasteiger partial charge in [0.25, 0.3) is 0 Å². The first-order valence-electron chi connectivity index (χ1n) is 5.38. The molecule has 0 aliphatic rings. The van der Waals surface area contributed by atoms with Gasteiger partial charge in [-0.1, -0.05) is 26.7 Å². The fourth-order valence-corrected chi connectivity index (χ4v) is 2.01. The van der Waals surface area contributed by atoms with Gasteiger partial charge < -0.3 is 5.32 Å². The zero-order valence-electron chi connectivity index (χ0n) is 9.54. The average Bonchev–Trinajstić information content (AvgIpc) is 2.09. The molecule has 0 unspecified atom stereocenters. The second-order valence-corrected chi connectivity index (χ2v) is 6.13. The van der Waals surface area contributed by atoms with E-state index in [0.29, 0.717) is 5.75 Å². The first-order chi connectivity index (χ1) is 6.49. The van der Waals surface area contributed by atoms with Crippen LogP contribution in [0.1, 0.15) is 33.1 Å². The molecule has 3 nitrogen and oxygen atoms in total. The Bertz CT molecular complexity index is 220. The summed E-state index contributed by atoms with van der Waals surface area (Å²) < 4.78 is 21.6. The Labute approximate surface area is 88.2 Å². The minimum atomic E-state index is -2.78. The van der Waals surface area contributed by atoms with E-state index in [1.165, 1.54) is 19.1 Å². The molecule has 0 heterocycles. The van der Waals surface area contributed by atoms with Gasteiger partial charge in [-0.25, -0.2) is 8.42 Å². The zero-order valence-corrected chi connectivity index (χ0v) is 10.4. The molecule has 0 fully saturated rings. The van der Waals surface area contributed by atoms with Gasteiger partial charge >= 0.3 is 0 Å². The van der Waals surface area contributed by atoms with Crippen molar-refractivity contribution >= 4 is 9.84 Å². The average molecular weight is 221 g/mol. The molecule has 0 spiro atoms. The highest BCUT2D eigenvalue weighted by molar-refractivity contribution is 7.90. The summed E-state index contributed by atoms with van der Waals surface area (Å²) in [6, 6.07) is 0. The molecule has 0 aromatic heterocycles. The summed E-state index contributed by atoms with van der Waals surface area (Å²) in [4.78, 5) is 0. The molecule has 0 saturated carbocycles. The van der Waals surface area contributed by atoms with Crippen LogP contribution in [0.25, 0.3) is 0 Å². The van der Waals surface area contributed by atoms with Crippen molar-refractivity contribution in [3.05, 3.63) is 0 Å². The lowest BCUT2D eigenvalue weighted by Crippen LogP contribution is -2.24. The maximum absolute atomic E-state index is 10.8. The standard InChI is InChI=1S/C10H23NO2S/c1-4-10(5-2)9-11-7-6-8-14(3,12)13/h10-11H,4-9H2,1-3H3. The number of hydrogen-bond donors (Lipinski definition) is 1. The quantitative estimate of drug-likeness (QED) is 0.631. The number of hydrogen-bond acceptors (Lipinski definition) is 3. The van der Waals surface area contributed by atoms with E-state index in [1.54, 1.807) is 0 Å². The summed E-state index contributed by atoms with van der Waals surface area (Å²) in [5.41, 5.74) is 0. The van der Waals surface area contributed by atoms with Gasteiger partial charge in [0.2, 0.25) is 0 Å². The predicted molar refractivity (Wildman–Crippen MR) is 61.3 cm³/mol. The first kappa shape index (κ1) is 13.9. The van der Waals surface area contributed by atoms with Gasteiger partial charge in [-0.3, -0.25) is 0 Å². The van der Waals surface area contributed by atoms with Crippen LogP contribution in [0.2, 0.25) is 0 Å². The topological polar surface area (TPSA) is 46.2 Å². The van der Waals surface area contributed by atoms with E-state index in [9.17, 15) is 8.42 Å². The molecule has 4 heteroatoms. The van der Waals surface area contributed by atoms with E-state index < -0.39 is 9.84 Å². The normalized spacial score (nSPS) is 12.3. The predicted octanol–water partition coefficient (Wildman–Crippen LogP) is 1.45. The number of nitrogens with one attached hydrogen (secondary N) is 1. The summed E-state index contributed by atoms with van der Waals surface area (Å²) in [5, 5.41) is 3.30. The molecule has 0 bridgehead atoms. The Hall–Kier alpha value is -0.0900. The molecule has 86 valence electrons. The fraction of sp³-hybridized carbons (Fsp3) is 1.00. The van der Waals surface area contributed by atoms with Gasteiger partial charge in [0.1, 0.15) is 9.84 Å². The van der Waals surface area contributed by atoms with Crippen LogP contribution in [0, 0.1) is 5.92 Å². The van der Waals surface area contributed by atoms with Gasteiger partial charge in [-0.15, -0.1) is 0 Å². The highest BCUT2D eigenvalue weighted by Gasteiger charge is 2.03. The molecular weight excluding hydrogens is 198 g/mol. The van der Waals surface area contributed by atoms with Gasteiger partial charge in [0.15, 0.2) is 0 Å². The lowest BCUT2D eigenvalue weighted by Gasteiger charge is -2.12. The Morgan fingerprint density at radius 2 is 1.79 bits per heavy atom. The van der Waals surface area contributed by atoms with Crippen LogP contribution in [0.15, 0.2) is 0 Å². The smallest absolute Gasteiger partial charge is 0.147 e. The molecule has 0 atom stereocenters. The maximum Gasteiger partial charge on any atom is 0.147 e. The summed E-state index contributed by atoms with van der Waals surface area (Å²) >= 11 is 0. The van der Waals surface area contributed by atoms with Crippen molar-refractivity contribution in [3.63, 3.8) is 0 Å². The second-order valence-electron chi connectivity index (χ2n) is 3.87. The van der Waals surface area contributed by atoms with Gasteiger partial charge in [-0.05, 0) is 25.4 Å². The van der Waals surface area contributed by atoms with E-state index in [-0.39, 0.29) is 0 Å². The maximum atomic E-state index is 10.8. The lowest BCUT2D eigenvalue weighted by molar-refractivity contribution is 0.450. The molecule has 0 aliphatic carbocycles. The Morgan fingerprint density at radius 1 is 1.21 bits per heavy atom. The van der Waals surface area contributed by atoms with Crippen LogP contribution in [0.5, 0.6) is 0 Å². The number of sulfone groups is 1. The second kappa shape index (κ2) is 7.23. The first-order valence-corrected chi connectivity index (χ1v) is 7.44. The van der Waals surface area contributed by atoms with Gasteiger partial charge in [0.05, 0.1) is 5.75 Å². The summed E-state index contributed by atoms with van der Waals surface area (Å²) in [7, 11) is -2.78. The Balaban J connectivity index is 3.38. The van der Waals surface area contributed by atoms with Crippen LogP contribution in [-0.2, 0) is 9.84 Å². The van der Waals surface area contributed by atoms with Crippen molar-refractivity contribution in [2.75, 3.05) is 25.1 Å². The highest BCUT2D eigenvalue weighted by atomic mass is 32.2. The van der Waals surface area contributed by atoms with Gasteiger partial charge in [-0.2, -0.15) is 0 Å². The minimum absolute atomic E-state index is 0.295. The van der Waals surface area contributed by atoms with Crippen LogP contribution in [0.4, 0.5) is 0 Å². The fourth-order valence-electron chi connectivity index (χ4n) is 1.34. The molecule has 0 rings (SSSR count). The zero-order chi connectivity index (χ0) is 11.0. The van der Waals surface area contributed by atoms with Crippen LogP contribution in [0.3, 0.4) is 0 Å². The van der Waals surface area contributed by atoms with E-state index in [2.05, 4.69) is 19.2 Å². The molecule has 14 heavy (non-hydrogen) atoms. The number of rotatable bonds is 8. The van der Waals surface area contributed by atoms with Crippen LogP contribution in [-0.4, -0.2) is 33.5 Å². The highest BCUT2D eigenvalue weighted by Crippen LogP contribution is 2.04. The van der Waals surface area contributed by atoms with E-state index in [1.807, 2.05) is 0 Å². The van der Waals surface area contributed by atoms with Crippen LogP contribution >= 0.6 is 0 Å². The molecule has 0 radical (unpaired) electrons. The van der Waals surface area contributed by atoms with Crippen molar-refractivity contribution in [1.29, 1.82) is 0 Å². The largest absolute Gasteiger partial charge is 0.316 e. The van der Waals surface area contributed by atoms with Crippen molar-refractivity contribution in [1.82, 2.24) is 5.32 Å². The van der Waals surface area contributed by atoms with Crippen LogP contribution < -0.4 is 5.32 Å². The van der Waals surface area contributed by atoms with E-state index >= 15 is 0 Å². The molecule has 0 amide bonds. The van der Waals surface area contributed by atoms with Crippen molar-refractivity contribution < 1.29 is 8.42 Å². The van der Waals surface area contributed by atoms with Crippen molar-refractivity contribution in [3.8, 4) is 0 Å². The Morgan fingerprint density at radius 3 is 2.21 bits per heavy atom. The molecule has 0 saturated heterocycles. The van der Waals surface area contributed by atoms with E-state index in [0.717, 1.165) is 25.4 Å². The third kappa shape index (κ3) is 8.51. The monoisotopic (exact) mass is 221 g/mol. The summed E-state index contributed by atoms with van der Waals surface area (Å²) in [6.45, 7) is 6.19. The van der Waals surface area contributed by atoms with E-state index in [4.69, 9.17) is 0 Å². The van der Waals surface area contributed by atoms with Gasteiger partial charge in [0, 0.05) is 6.26 Å². The summed E-state index contributed by atoms with van der Waals surface area (Å²) in [5.74, 6) is 1.02. The molecule has 0 aliphatic heterocycles. The Kier molecular flexibility index (Phi) is 7.19. The third-order valence-corrected chi connectivity index (χ3v) is 3.49. The summed E-state index contributed by atoms with van der Waals surface area (Å²) in [6.07, 6.45) is 4.39. The lowest BCUT2D eigenvalue weighted by atomic mass is 10.0. The van der Waals surface area contributed by atoms with Crippen molar-refractivity contribution in [2.45, 2.75) is 33.1 Å². The van der Waals surface area contributed by atoms with Crippen molar-refractivity contribution in [2.24, 2.45) is 5.92 Å². The SMILES string of the molecule is CCC(CC)CNCCCS(C)(=O)=O. The molecule has 0 aromatic rings. The molecular formula is C10H23NO2S. The molecule has 1 N–H and O–H groups in total. The minimum Gasteiger partial charge on any atom is -0.316 e.